The maximum absolute atomic E-state index is 13.0. The van der Waals surface area contributed by atoms with Crippen molar-refractivity contribution < 1.29 is 80.2 Å². The highest BCUT2D eigenvalue weighted by atomic mass is 31.2. The van der Waals surface area contributed by atoms with Crippen molar-refractivity contribution in [3.8, 4) is 0 Å². The van der Waals surface area contributed by atoms with Crippen LogP contribution in [0.2, 0.25) is 0 Å². The minimum absolute atomic E-state index is 0.104. The van der Waals surface area contributed by atoms with Crippen LogP contribution in [0.15, 0.2) is 0 Å². The van der Waals surface area contributed by atoms with Crippen molar-refractivity contribution in [1.29, 1.82) is 0 Å². The van der Waals surface area contributed by atoms with Gasteiger partial charge in [0.25, 0.3) is 0 Å². The van der Waals surface area contributed by atoms with E-state index >= 15 is 0 Å². The number of rotatable bonds is 65. The van der Waals surface area contributed by atoms with Gasteiger partial charge in [0.1, 0.15) is 19.3 Å². The van der Waals surface area contributed by atoms with Crippen molar-refractivity contribution in [2.45, 2.75) is 350 Å². The van der Waals surface area contributed by atoms with Crippen LogP contribution >= 0.6 is 15.6 Å². The highest BCUT2D eigenvalue weighted by Crippen LogP contribution is 2.45. The minimum atomic E-state index is -4.95. The first kappa shape index (κ1) is 85.1. The molecule has 0 aliphatic rings. The Morgan fingerprint density at radius 2 is 0.552 bits per heavy atom. The second-order valence-corrected chi connectivity index (χ2v) is 29.1. The number of carbonyl (C=O) groups excluding carboxylic acids is 4. The van der Waals surface area contributed by atoms with Gasteiger partial charge in [-0.1, -0.05) is 280 Å². The Kier molecular flexibility index (Phi) is 56.6. The van der Waals surface area contributed by atoms with Crippen molar-refractivity contribution in [1.82, 2.24) is 0 Å². The molecule has 19 heteroatoms. The molecular formula is C68H132O17P2. The molecule has 0 radical (unpaired) electrons. The highest BCUT2D eigenvalue weighted by molar-refractivity contribution is 7.47. The highest BCUT2D eigenvalue weighted by Gasteiger charge is 2.30. The summed E-state index contributed by atoms with van der Waals surface area (Å²) in [6, 6.07) is 0. The van der Waals surface area contributed by atoms with Crippen LogP contribution in [0.1, 0.15) is 331 Å². The molecule has 0 aromatic rings. The van der Waals surface area contributed by atoms with Crippen LogP contribution in [0.25, 0.3) is 0 Å². The Bertz CT molecular complexity index is 1730. The van der Waals surface area contributed by atoms with Crippen LogP contribution in [-0.4, -0.2) is 96.7 Å². The summed E-state index contributed by atoms with van der Waals surface area (Å²) in [5.74, 6) is 0.817. The van der Waals surface area contributed by atoms with Gasteiger partial charge in [-0.15, -0.1) is 0 Å². The van der Waals surface area contributed by atoms with Crippen molar-refractivity contribution in [2.75, 3.05) is 39.6 Å². The average Bonchev–Trinajstić information content (AvgIpc) is 3.67. The summed E-state index contributed by atoms with van der Waals surface area (Å²) in [7, 11) is -9.90. The predicted molar refractivity (Wildman–Crippen MR) is 349 cm³/mol. The summed E-state index contributed by atoms with van der Waals surface area (Å²) in [6.45, 7) is 14.0. The van der Waals surface area contributed by atoms with Crippen molar-refractivity contribution in [3.05, 3.63) is 0 Å². The fraction of sp³-hybridized carbons (Fsp3) is 0.941. The first-order valence-corrected chi connectivity index (χ1v) is 38.2. The Labute approximate surface area is 530 Å². The quantitative estimate of drug-likeness (QED) is 0.0222. The molecule has 0 aromatic heterocycles. The molecule has 0 fully saturated rings. The van der Waals surface area contributed by atoms with E-state index in [1.54, 1.807) is 0 Å². The normalized spacial score (nSPS) is 14.6. The molecule has 6 atom stereocenters. The summed E-state index contributed by atoms with van der Waals surface area (Å²) >= 11 is 0. The summed E-state index contributed by atoms with van der Waals surface area (Å²) in [4.78, 5) is 72.4. The molecule has 0 spiro atoms. The molecular weight excluding hydrogens is 1150 g/mol. The van der Waals surface area contributed by atoms with E-state index < -0.39 is 97.5 Å². The van der Waals surface area contributed by atoms with Crippen LogP contribution in [0.5, 0.6) is 0 Å². The lowest BCUT2D eigenvalue weighted by atomic mass is 9.99. The molecule has 87 heavy (non-hydrogen) atoms. The van der Waals surface area contributed by atoms with Gasteiger partial charge in [-0.05, 0) is 49.4 Å². The smallest absolute Gasteiger partial charge is 0.462 e. The van der Waals surface area contributed by atoms with Gasteiger partial charge in [0.2, 0.25) is 0 Å². The van der Waals surface area contributed by atoms with Crippen molar-refractivity contribution in [2.24, 2.45) is 23.7 Å². The molecule has 0 saturated heterocycles. The molecule has 0 aliphatic carbocycles. The molecule has 0 bridgehead atoms. The molecule has 17 nitrogen and oxygen atoms in total. The summed E-state index contributed by atoms with van der Waals surface area (Å²) in [5, 5.41) is 10.6. The zero-order valence-corrected chi connectivity index (χ0v) is 58.4. The van der Waals surface area contributed by atoms with E-state index in [0.717, 1.165) is 114 Å². The molecule has 0 amide bonds. The summed E-state index contributed by atoms with van der Waals surface area (Å²) in [6.07, 6.45) is 39.0. The zero-order chi connectivity index (χ0) is 64.7. The largest absolute Gasteiger partial charge is 0.472 e. The lowest BCUT2D eigenvalue weighted by Gasteiger charge is -2.21. The van der Waals surface area contributed by atoms with Crippen molar-refractivity contribution in [3.63, 3.8) is 0 Å². The average molecular weight is 1280 g/mol. The van der Waals surface area contributed by atoms with E-state index in [1.807, 2.05) is 0 Å². The Hall–Kier alpha value is -1.94. The first-order valence-electron chi connectivity index (χ1n) is 35.2. The van der Waals surface area contributed by atoms with E-state index in [0.29, 0.717) is 31.6 Å². The zero-order valence-electron chi connectivity index (χ0n) is 56.6. The van der Waals surface area contributed by atoms with Crippen LogP contribution in [-0.2, 0) is 65.4 Å². The van der Waals surface area contributed by atoms with Gasteiger partial charge in [-0.2, -0.15) is 0 Å². The number of unbranched alkanes of at least 4 members (excludes halogenated alkanes) is 30. The monoisotopic (exact) mass is 1280 g/mol. The van der Waals surface area contributed by atoms with Gasteiger partial charge in [0.05, 0.1) is 26.4 Å². The third kappa shape index (κ3) is 61.3. The van der Waals surface area contributed by atoms with Crippen LogP contribution < -0.4 is 0 Å². The number of aliphatic hydroxyl groups is 1. The second-order valence-electron chi connectivity index (χ2n) is 26.2. The number of aliphatic hydroxyl groups excluding tert-OH is 1. The Morgan fingerprint density at radius 1 is 0.322 bits per heavy atom. The second kappa shape index (κ2) is 57.9. The molecule has 0 aliphatic heterocycles. The molecule has 0 aromatic carbocycles. The number of ether oxygens (including phenoxy) is 4. The van der Waals surface area contributed by atoms with Gasteiger partial charge < -0.3 is 33.8 Å². The van der Waals surface area contributed by atoms with Gasteiger partial charge >= 0.3 is 39.5 Å². The third-order valence-electron chi connectivity index (χ3n) is 15.9. The molecule has 516 valence electrons. The fourth-order valence-electron chi connectivity index (χ4n) is 10.1. The third-order valence-corrected chi connectivity index (χ3v) is 17.8. The van der Waals surface area contributed by atoms with E-state index in [-0.39, 0.29) is 25.7 Å². The lowest BCUT2D eigenvalue weighted by Crippen LogP contribution is -2.30. The first-order chi connectivity index (χ1) is 41.6. The SMILES string of the molecule is CCC(C)CCCCCCCCCCC(=O)O[C@H](COC(=O)CCCCCCCCCCC(C)C)COP(=O)(O)OCC(O)COP(=O)(O)OC[C@@H](COC(=O)CCCCCCCCC(C)C)OC(=O)CCCCCCCCCCCCCCC(C)C. The number of phosphoric acid groups is 2. The van der Waals surface area contributed by atoms with E-state index in [4.69, 9.17) is 37.0 Å². The number of carbonyl (C=O) groups is 4. The van der Waals surface area contributed by atoms with Crippen molar-refractivity contribution >= 4 is 39.5 Å². The van der Waals surface area contributed by atoms with Gasteiger partial charge in [0.15, 0.2) is 12.2 Å². The van der Waals surface area contributed by atoms with Crippen LogP contribution in [0, 0.1) is 23.7 Å². The maximum Gasteiger partial charge on any atom is 0.472 e. The van der Waals surface area contributed by atoms with Gasteiger partial charge in [-0.25, -0.2) is 9.13 Å². The van der Waals surface area contributed by atoms with E-state index in [1.165, 1.54) is 128 Å². The number of esters is 4. The van der Waals surface area contributed by atoms with Crippen LogP contribution in [0.4, 0.5) is 0 Å². The Balaban J connectivity index is 5.25. The summed E-state index contributed by atoms with van der Waals surface area (Å²) in [5.41, 5.74) is 0. The summed E-state index contributed by atoms with van der Waals surface area (Å²) < 4.78 is 68.2. The number of phosphoric ester groups is 2. The molecule has 0 rings (SSSR count). The number of hydrogen-bond acceptors (Lipinski definition) is 15. The molecule has 3 N–H and O–H groups in total. The number of hydrogen-bond donors (Lipinski definition) is 3. The fourth-order valence-corrected chi connectivity index (χ4v) is 11.7. The Morgan fingerprint density at radius 3 is 0.816 bits per heavy atom. The lowest BCUT2D eigenvalue weighted by molar-refractivity contribution is -0.161. The molecule has 0 heterocycles. The molecule has 4 unspecified atom stereocenters. The van der Waals surface area contributed by atoms with Gasteiger partial charge in [0, 0.05) is 25.7 Å². The van der Waals surface area contributed by atoms with Gasteiger partial charge in [-0.3, -0.25) is 37.3 Å². The molecule has 0 saturated carbocycles. The standard InChI is InChI=1S/C68H132O17P2/c1-9-61(8)47-39-31-22-17-19-25-35-43-51-68(73)85-63(54-78-65(70)48-40-32-23-18-16-21-29-37-45-59(4)5)56-82-86(74,75)80-52-62(69)53-81-87(76,77)83-57-64(55-79-66(71)49-41-33-27-26-30-38-46-60(6)7)84-67(72)50-42-34-24-15-13-11-10-12-14-20-28-36-44-58(2)3/h58-64,69H,9-57H2,1-8H3,(H,74,75)(H,76,77)/t61?,62?,63-,64-/m1/s1. The van der Waals surface area contributed by atoms with Crippen LogP contribution in [0.3, 0.4) is 0 Å². The predicted octanol–water partition coefficient (Wildman–Crippen LogP) is 18.9. The van der Waals surface area contributed by atoms with E-state index in [2.05, 4.69) is 55.4 Å². The maximum atomic E-state index is 13.0. The van der Waals surface area contributed by atoms with E-state index in [9.17, 15) is 43.2 Å². The minimum Gasteiger partial charge on any atom is -0.462 e. The topological polar surface area (TPSA) is 237 Å².